The molecule has 0 spiro atoms. The second kappa shape index (κ2) is 7.36. The lowest BCUT2D eigenvalue weighted by Gasteiger charge is -2.17. The van der Waals surface area contributed by atoms with Gasteiger partial charge in [0.1, 0.15) is 11.6 Å². The highest BCUT2D eigenvalue weighted by atomic mass is 32.2. The molecule has 25 heavy (non-hydrogen) atoms. The van der Waals surface area contributed by atoms with Gasteiger partial charge in [-0.2, -0.15) is 0 Å². The molecule has 0 bridgehead atoms. The Labute approximate surface area is 150 Å². The second-order valence-electron chi connectivity index (χ2n) is 5.44. The second-order valence-corrected chi connectivity index (χ2v) is 6.42. The molecule has 0 amide bonds. The summed E-state index contributed by atoms with van der Waals surface area (Å²) in [6.45, 7) is 1.11. The molecule has 0 aliphatic carbocycles. The van der Waals surface area contributed by atoms with E-state index in [1.165, 1.54) is 11.8 Å². The van der Waals surface area contributed by atoms with E-state index in [1.807, 2.05) is 54.6 Å². The predicted octanol–water partition coefficient (Wildman–Crippen LogP) is 4.13. The third kappa shape index (κ3) is 3.80. The minimum absolute atomic E-state index is 0.491. The lowest BCUT2D eigenvalue weighted by molar-refractivity contribution is 0.307. The SMILES string of the molecule is c1ccc(COc2cccnc2NC2=NCc3cccnc3S2)cc1. The number of nitrogens with one attached hydrogen (secondary N) is 1. The van der Waals surface area contributed by atoms with Gasteiger partial charge in [-0.05, 0) is 35.5 Å². The van der Waals surface area contributed by atoms with E-state index in [-0.39, 0.29) is 0 Å². The Morgan fingerprint density at radius 2 is 1.80 bits per heavy atom. The first-order valence-corrected chi connectivity index (χ1v) is 8.75. The number of thioether (sulfide) groups is 1. The van der Waals surface area contributed by atoms with E-state index in [0.29, 0.717) is 24.7 Å². The van der Waals surface area contributed by atoms with Gasteiger partial charge in [0, 0.05) is 18.0 Å². The van der Waals surface area contributed by atoms with E-state index in [0.717, 1.165) is 21.3 Å². The number of ether oxygens (including phenoxy) is 1. The highest BCUT2D eigenvalue weighted by molar-refractivity contribution is 8.14. The normalized spacial score (nSPS) is 12.9. The first kappa shape index (κ1) is 15.7. The maximum Gasteiger partial charge on any atom is 0.174 e. The van der Waals surface area contributed by atoms with Crippen molar-refractivity contribution in [2.24, 2.45) is 4.99 Å². The van der Waals surface area contributed by atoms with Gasteiger partial charge in [-0.15, -0.1) is 0 Å². The van der Waals surface area contributed by atoms with E-state index >= 15 is 0 Å². The lowest BCUT2D eigenvalue weighted by atomic mass is 10.2. The molecule has 1 N–H and O–H groups in total. The zero-order valence-corrected chi connectivity index (χ0v) is 14.2. The molecule has 1 aliphatic rings. The number of hydrogen-bond donors (Lipinski definition) is 1. The van der Waals surface area contributed by atoms with Crippen LogP contribution in [0.15, 0.2) is 77.0 Å². The van der Waals surface area contributed by atoms with Gasteiger partial charge >= 0.3 is 0 Å². The minimum atomic E-state index is 0.491. The highest BCUT2D eigenvalue weighted by Gasteiger charge is 2.16. The maximum atomic E-state index is 5.93. The molecule has 0 unspecified atom stereocenters. The van der Waals surface area contributed by atoms with Crippen molar-refractivity contribution in [2.75, 3.05) is 5.32 Å². The molecule has 1 aromatic carbocycles. The van der Waals surface area contributed by atoms with E-state index in [2.05, 4.69) is 20.3 Å². The van der Waals surface area contributed by atoms with Gasteiger partial charge in [-0.25, -0.2) is 9.97 Å². The zero-order valence-electron chi connectivity index (χ0n) is 13.4. The summed E-state index contributed by atoms with van der Waals surface area (Å²) in [5.41, 5.74) is 2.25. The van der Waals surface area contributed by atoms with Crippen LogP contribution in [0.1, 0.15) is 11.1 Å². The van der Waals surface area contributed by atoms with Crippen LogP contribution in [0.5, 0.6) is 5.75 Å². The van der Waals surface area contributed by atoms with Crippen molar-refractivity contribution in [2.45, 2.75) is 18.2 Å². The van der Waals surface area contributed by atoms with Gasteiger partial charge in [-0.1, -0.05) is 36.4 Å². The Kier molecular flexibility index (Phi) is 4.61. The summed E-state index contributed by atoms with van der Waals surface area (Å²) in [6.07, 6.45) is 3.53. The summed E-state index contributed by atoms with van der Waals surface area (Å²) in [6, 6.07) is 17.8. The monoisotopic (exact) mass is 348 g/mol. The predicted molar refractivity (Wildman–Crippen MR) is 99.9 cm³/mol. The third-order valence-corrected chi connectivity index (χ3v) is 4.65. The number of pyridine rings is 2. The Morgan fingerprint density at radius 3 is 2.72 bits per heavy atom. The number of hydrogen-bond acceptors (Lipinski definition) is 6. The molecule has 0 saturated carbocycles. The number of aliphatic imine (C=N–C) groups is 1. The molecule has 2 aromatic heterocycles. The Morgan fingerprint density at radius 1 is 0.960 bits per heavy atom. The number of nitrogens with zero attached hydrogens (tertiary/aromatic N) is 3. The average Bonchev–Trinajstić information content (AvgIpc) is 2.68. The average molecular weight is 348 g/mol. The summed E-state index contributed by atoms with van der Waals surface area (Å²) in [7, 11) is 0. The number of rotatable bonds is 4. The van der Waals surface area contributed by atoms with Gasteiger partial charge in [0.05, 0.1) is 6.54 Å². The van der Waals surface area contributed by atoms with Crippen LogP contribution in [0.25, 0.3) is 0 Å². The molecule has 0 fully saturated rings. The molecule has 3 aromatic rings. The van der Waals surface area contributed by atoms with Gasteiger partial charge in [0.15, 0.2) is 16.7 Å². The van der Waals surface area contributed by atoms with Gasteiger partial charge in [0.2, 0.25) is 0 Å². The van der Waals surface area contributed by atoms with E-state index < -0.39 is 0 Å². The van der Waals surface area contributed by atoms with Crippen molar-refractivity contribution in [3.8, 4) is 5.75 Å². The fraction of sp³-hybridized carbons (Fsp3) is 0.105. The first-order valence-electron chi connectivity index (χ1n) is 7.93. The summed E-state index contributed by atoms with van der Waals surface area (Å²) in [4.78, 5) is 13.3. The van der Waals surface area contributed by atoms with Crippen LogP contribution in [0.4, 0.5) is 5.82 Å². The molecule has 5 nitrogen and oxygen atoms in total. The Hall–Kier alpha value is -2.86. The Balaban J connectivity index is 1.47. The van der Waals surface area contributed by atoms with Crippen molar-refractivity contribution in [3.05, 3.63) is 78.1 Å². The maximum absolute atomic E-state index is 5.93. The van der Waals surface area contributed by atoms with Crippen molar-refractivity contribution < 1.29 is 4.74 Å². The fourth-order valence-corrected chi connectivity index (χ4v) is 3.26. The first-order chi connectivity index (χ1) is 12.4. The van der Waals surface area contributed by atoms with Crippen molar-refractivity contribution >= 4 is 22.7 Å². The number of aromatic nitrogens is 2. The number of amidine groups is 1. The van der Waals surface area contributed by atoms with Gasteiger partial charge < -0.3 is 10.1 Å². The van der Waals surface area contributed by atoms with Gasteiger partial charge in [0.25, 0.3) is 0 Å². The topological polar surface area (TPSA) is 59.4 Å². The van der Waals surface area contributed by atoms with Crippen LogP contribution in [-0.2, 0) is 13.2 Å². The molecule has 3 heterocycles. The van der Waals surface area contributed by atoms with Crippen molar-refractivity contribution in [3.63, 3.8) is 0 Å². The quantitative estimate of drug-likeness (QED) is 0.768. The van der Waals surface area contributed by atoms with Gasteiger partial charge in [-0.3, -0.25) is 4.99 Å². The molecular formula is C19H16N4OS. The minimum Gasteiger partial charge on any atom is -0.485 e. The van der Waals surface area contributed by atoms with Crippen molar-refractivity contribution in [1.29, 1.82) is 0 Å². The number of anilines is 1. The molecule has 4 rings (SSSR count). The number of fused-ring (bicyclic) bond motifs is 1. The van der Waals surface area contributed by atoms with Crippen LogP contribution < -0.4 is 10.1 Å². The van der Waals surface area contributed by atoms with Crippen LogP contribution in [-0.4, -0.2) is 15.1 Å². The third-order valence-electron chi connectivity index (χ3n) is 3.67. The summed E-state index contributed by atoms with van der Waals surface area (Å²) in [5.74, 6) is 1.35. The standard InChI is InChI=1S/C19H16N4OS/c1-2-6-14(7-3-1)13-24-16-9-5-10-20-17(16)23-19-22-12-15-8-4-11-21-18(15)25-19/h1-11H,12-13H2,(H,20,22,23). The largest absolute Gasteiger partial charge is 0.485 e. The highest BCUT2D eigenvalue weighted by Crippen LogP contribution is 2.29. The molecule has 0 radical (unpaired) electrons. The van der Waals surface area contributed by atoms with Crippen molar-refractivity contribution in [1.82, 2.24) is 9.97 Å². The van der Waals surface area contributed by atoms with Crippen LogP contribution in [0.2, 0.25) is 0 Å². The molecule has 124 valence electrons. The molecular weight excluding hydrogens is 332 g/mol. The van der Waals surface area contributed by atoms with Crippen LogP contribution in [0.3, 0.4) is 0 Å². The summed E-state index contributed by atoms with van der Waals surface area (Å²) < 4.78 is 5.93. The van der Waals surface area contributed by atoms with Crippen LogP contribution in [0, 0.1) is 0 Å². The molecule has 1 aliphatic heterocycles. The smallest absolute Gasteiger partial charge is 0.174 e. The Bertz CT molecular complexity index is 899. The van der Waals surface area contributed by atoms with E-state index in [1.54, 1.807) is 12.4 Å². The molecule has 6 heteroatoms. The zero-order chi connectivity index (χ0) is 16.9. The molecule has 0 atom stereocenters. The summed E-state index contributed by atoms with van der Waals surface area (Å²) >= 11 is 1.51. The van der Waals surface area contributed by atoms with Crippen LogP contribution >= 0.6 is 11.8 Å². The van der Waals surface area contributed by atoms with E-state index in [4.69, 9.17) is 4.74 Å². The molecule has 0 saturated heterocycles. The lowest BCUT2D eigenvalue weighted by Crippen LogP contribution is -2.14. The number of benzene rings is 1. The summed E-state index contributed by atoms with van der Waals surface area (Å²) in [5, 5.41) is 5.01. The fourth-order valence-electron chi connectivity index (χ4n) is 2.42. The van der Waals surface area contributed by atoms with E-state index in [9.17, 15) is 0 Å².